The Hall–Kier alpha value is -2.88. The molecule has 0 radical (unpaired) electrons. The van der Waals surface area contributed by atoms with Gasteiger partial charge in [0.15, 0.2) is 0 Å². The maximum Gasteiger partial charge on any atom is 0.337 e. The number of nitrogens with one attached hydrogen (secondary N) is 1. The highest BCUT2D eigenvalue weighted by Crippen LogP contribution is 2.24. The average molecular weight is 278 g/mol. The summed E-state index contributed by atoms with van der Waals surface area (Å²) in [5, 5.41) is 13.4. The van der Waals surface area contributed by atoms with E-state index in [0.29, 0.717) is 5.69 Å². The number of carbonyl (C=O) groups is 1. The number of pyridine rings is 1. The van der Waals surface area contributed by atoms with Crippen LogP contribution in [0, 0.1) is 6.92 Å². The Morgan fingerprint density at radius 2 is 1.95 bits per heavy atom. The lowest BCUT2D eigenvalue weighted by Crippen LogP contribution is -2.03. The summed E-state index contributed by atoms with van der Waals surface area (Å²) in [4.78, 5) is 15.6. The lowest BCUT2D eigenvalue weighted by atomic mass is 10.1. The number of rotatable bonds is 3. The summed E-state index contributed by atoms with van der Waals surface area (Å²) < 4.78 is 0. The van der Waals surface area contributed by atoms with Crippen molar-refractivity contribution < 1.29 is 9.90 Å². The van der Waals surface area contributed by atoms with Crippen LogP contribution >= 0.6 is 0 Å². The van der Waals surface area contributed by atoms with Crippen LogP contribution in [0.1, 0.15) is 15.9 Å². The van der Waals surface area contributed by atoms with Gasteiger partial charge in [0, 0.05) is 5.39 Å². The predicted molar refractivity (Wildman–Crippen MR) is 83.2 cm³/mol. The van der Waals surface area contributed by atoms with E-state index < -0.39 is 5.97 Å². The van der Waals surface area contributed by atoms with Crippen LogP contribution in [0.2, 0.25) is 0 Å². The number of fused-ring (bicyclic) bond motifs is 1. The summed E-state index contributed by atoms with van der Waals surface area (Å²) in [5.74, 6) is -0.953. The fraction of sp³-hybridized carbons (Fsp3) is 0.0588. The molecule has 0 bridgehead atoms. The molecule has 0 atom stereocenters. The lowest BCUT2D eigenvalue weighted by Gasteiger charge is -2.11. The van der Waals surface area contributed by atoms with Gasteiger partial charge >= 0.3 is 5.97 Å². The van der Waals surface area contributed by atoms with Crippen LogP contribution in [0.5, 0.6) is 0 Å². The highest BCUT2D eigenvalue weighted by molar-refractivity contribution is 5.95. The molecule has 1 heterocycles. The summed E-state index contributed by atoms with van der Waals surface area (Å²) in [7, 11) is 0. The molecule has 2 aromatic carbocycles. The second-order valence-electron chi connectivity index (χ2n) is 4.90. The third-order valence-corrected chi connectivity index (χ3v) is 3.27. The quantitative estimate of drug-likeness (QED) is 0.760. The first kappa shape index (κ1) is 13.1. The minimum Gasteiger partial charge on any atom is -0.478 e. The van der Waals surface area contributed by atoms with Gasteiger partial charge in [-0.25, -0.2) is 4.79 Å². The van der Waals surface area contributed by atoms with Gasteiger partial charge in [0.2, 0.25) is 0 Å². The van der Waals surface area contributed by atoms with Crippen molar-refractivity contribution in [2.24, 2.45) is 0 Å². The summed E-state index contributed by atoms with van der Waals surface area (Å²) in [6.07, 6.45) is 1.70. The van der Waals surface area contributed by atoms with E-state index in [1.165, 1.54) is 0 Å². The van der Waals surface area contributed by atoms with Crippen LogP contribution in [-0.4, -0.2) is 16.1 Å². The van der Waals surface area contributed by atoms with E-state index in [-0.39, 0.29) is 5.56 Å². The molecule has 3 aromatic rings. The van der Waals surface area contributed by atoms with Crippen LogP contribution in [0.4, 0.5) is 11.4 Å². The number of carboxylic acids is 1. The molecule has 0 spiro atoms. The highest BCUT2D eigenvalue weighted by atomic mass is 16.4. The van der Waals surface area contributed by atoms with Crippen LogP contribution in [0.25, 0.3) is 10.9 Å². The first-order valence-corrected chi connectivity index (χ1v) is 6.59. The number of hydrogen-bond donors (Lipinski definition) is 2. The van der Waals surface area contributed by atoms with Gasteiger partial charge in [0.05, 0.1) is 28.7 Å². The first-order chi connectivity index (χ1) is 10.1. The zero-order valence-electron chi connectivity index (χ0n) is 11.5. The summed E-state index contributed by atoms with van der Waals surface area (Å²) in [5.41, 5.74) is 3.48. The Balaban J connectivity index is 2.02. The number of hydrogen-bond acceptors (Lipinski definition) is 3. The minimum absolute atomic E-state index is 0.244. The molecular weight excluding hydrogens is 264 g/mol. The van der Waals surface area contributed by atoms with Crippen molar-refractivity contribution >= 4 is 28.2 Å². The SMILES string of the molecule is Cc1ccc(C(=O)O)c(Nc2cnc3ccccc3c2)c1. The molecule has 21 heavy (non-hydrogen) atoms. The van der Waals surface area contributed by atoms with E-state index in [0.717, 1.165) is 22.2 Å². The Morgan fingerprint density at radius 1 is 1.14 bits per heavy atom. The molecule has 2 N–H and O–H groups in total. The molecule has 1 aromatic heterocycles. The van der Waals surface area contributed by atoms with Crippen molar-refractivity contribution in [2.75, 3.05) is 5.32 Å². The van der Waals surface area contributed by atoms with Gasteiger partial charge in [0.1, 0.15) is 0 Å². The molecule has 4 heteroatoms. The Kier molecular flexibility index (Phi) is 3.28. The number of anilines is 2. The largest absolute Gasteiger partial charge is 0.478 e. The van der Waals surface area contributed by atoms with Crippen molar-refractivity contribution in [3.8, 4) is 0 Å². The zero-order chi connectivity index (χ0) is 14.8. The maximum atomic E-state index is 11.3. The predicted octanol–water partition coefficient (Wildman–Crippen LogP) is 3.99. The molecule has 0 fully saturated rings. The van der Waals surface area contributed by atoms with Crippen molar-refractivity contribution in [3.63, 3.8) is 0 Å². The van der Waals surface area contributed by atoms with Gasteiger partial charge in [-0.15, -0.1) is 0 Å². The van der Waals surface area contributed by atoms with E-state index >= 15 is 0 Å². The number of nitrogens with zero attached hydrogens (tertiary/aromatic N) is 1. The van der Waals surface area contributed by atoms with E-state index in [4.69, 9.17) is 0 Å². The standard InChI is InChI=1S/C17H14N2O2/c1-11-6-7-14(17(20)21)16(8-11)19-13-9-12-4-2-3-5-15(12)18-10-13/h2-10,19H,1H3,(H,20,21). The Morgan fingerprint density at radius 3 is 2.76 bits per heavy atom. The molecule has 0 unspecified atom stereocenters. The van der Waals surface area contributed by atoms with Gasteiger partial charge < -0.3 is 10.4 Å². The number of aromatic nitrogens is 1. The van der Waals surface area contributed by atoms with Crippen molar-refractivity contribution in [3.05, 3.63) is 65.9 Å². The number of aromatic carboxylic acids is 1. The molecule has 0 amide bonds. The lowest BCUT2D eigenvalue weighted by molar-refractivity contribution is 0.0698. The molecule has 0 saturated heterocycles. The van der Waals surface area contributed by atoms with Crippen molar-refractivity contribution in [1.82, 2.24) is 4.98 Å². The average Bonchev–Trinajstić information content (AvgIpc) is 2.47. The number of carboxylic acid groups (broad SMARTS) is 1. The monoisotopic (exact) mass is 278 g/mol. The van der Waals surface area contributed by atoms with Gasteiger partial charge in [-0.05, 0) is 36.8 Å². The third kappa shape index (κ3) is 2.69. The zero-order valence-corrected chi connectivity index (χ0v) is 11.5. The second-order valence-corrected chi connectivity index (χ2v) is 4.90. The third-order valence-electron chi connectivity index (χ3n) is 3.27. The van der Waals surface area contributed by atoms with Gasteiger partial charge in [-0.1, -0.05) is 24.3 Å². The van der Waals surface area contributed by atoms with E-state index in [1.807, 2.05) is 43.3 Å². The number of aryl methyl sites for hydroxylation is 1. The molecule has 0 aliphatic heterocycles. The Bertz CT molecular complexity index is 828. The van der Waals surface area contributed by atoms with Crippen LogP contribution in [0.15, 0.2) is 54.7 Å². The molecule has 0 aliphatic rings. The normalized spacial score (nSPS) is 10.5. The highest BCUT2D eigenvalue weighted by Gasteiger charge is 2.10. The van der Waals surface area contributed by atoms with Gasteiger partial charge in [-0.3, -0.25) is 4.98 Å². The first-order valence-electron chi connectivity index (χ1n) is 6.59. The smallest absolute Gasteiger partial charge is 0.337 e. The van der Waals surface area contributed by atoms with Crippen LogP contribution in [-0.2, 0) is 0 Å². The molecular formula is C17H14N2O2. The molecule has 4 nitrogen and oxygen atoms in total. The summed E-state index contributed by atoms with van der Waals surface area (Å²) >= 11 is 0. The fourth-order valence-corrected chi connectivity index (χ4v) is 2.24. The van der Waals surface area contributed by atoms with E-state index in [9.17, 15) is 9.90 Å². The van der Waals surface area contributed by atoms with E-state index in [1.54, 1.807) is 18.3 Å². The topological polar surface area (TPSA) is 62.2 Å². The fourth-order valence-electron chi connectivity index (χ4n) is 2.24. The van der Waals surface area contributed by atoms with Gasteiger partial charge in [0.25, 0.3) is 0 Å². The summed E-state index contributed by atoms with van der Waals surface area (Å²) in [6, 6.07) is 15.0. The minimum atomic E-state index is -0.953. The van der Waals surface area contributed by atoms with Crippen LogP contribution < -0.4 is 5.32 Å². The van der Waals surface area contributed by atoms with Gasteiger partial charge in [-0.2, -0.15) is 0 Å². The second kappa shape index (κ2) is 5.25. The van der Waals surface area contributed by atoms with Crippen molar-refractivity contribution in [1.29, 1.82) is 0 Å². The van der Waals surface area contributed by atoms with E-state index in [2.05, 4.69) is 10.3 Å². The maximum absolute atomic E-state index is 11.3. The Labute approximate surface area is 122 Å². The molecule has 104 valence electrons. The van der Waals surface area contributed by atoms with Crippen molar-refractivity contribution in [2.45, 2.75) is 6.92 Å². The number of benzene rings is 2. The molecule has 3 rings (SSSR count). The molecule has 0 aliphatic carbocycles. The summed E-state index contributed by atoms with van der Waals surface area (Å²) in [6.45, 7) is 1.93. The van der Waals surface area contributed by atoms with Crippen LogP contribution in [0.3, 0.4) is 0 Å². The molecule has 0 saturated carbocycles. The number of para-hydroxylation sites is 1.